The standard InChI is InChI=1S/C30H49N3O6/c1-8-10-11-12-13-14-17-33(25(34)21-32-29(37)39-30(5,6)7)27(24-19-22(3)18-23(4)20-24)28(36)31-16-15-26(35)38-9-2/h18-20,27H,8-17,21H2,1-7H3,(H,31,36)(H,32,37). The Morgan fingerprint density at radius 3 is 2.10 bits per heavy atom. The number of ether oxygens (including phenoxy) is 2. The minimum absolute atomic E-state index is 0.0325. The maximum absolute atomic E-state index is 13.6. The Kier molecular flexibility index (Phi) is 15.2. The number of alkyl carbamates (subject to hydrolysis) is 1. The van der Waals surface area contributed by atoms with E-state index in [0.717, 1.165) is 49.7 Å². The lowest BCUT2D eigenvalue weighted by molar-refractivity contribution is -0.143. The highest BCUT2D eigenvalue weighted by Crippen LogP contribution is 2.25. The molecule has 0 aromatic heterocycles. The summed E-state index contributed by atoms with van der Waals surface area (Å²) in [7, 11) is 0. The van der Waals surface area contributed by atoms with E-state index < -0.39 is 23.7 Å². The molecule has 39 heavy (non-hydrogen) atoms. The van der Waals surface area contributed by atoms with Gasteiger partial charge in [-0.15, -0.1) is 0 Å². The topological polar surface area (TPSA) is 114 Å². The molecule has 1 aromatic rings. The molecular formula is C30H49N3O6. The van der Waals surface area contributed by atoms with Crippen molar-refractivity contribution in [3.8, 4) is 0 Å². The van der Waals surface area contributed by atoms with Gasteiger partial charge in [-0.1, -0.05) is 68.4 Å². The normalized spacial score (nSPS) is 11.9. The summed E-state index contributed by atoms with van der Waals surface area (Å²) < 4.78 is 10.2. The second-order valence-corrected chi connectivity index (χ2v) is 10.9. The second-order valence-electron chi connectivity index (χ2n) is 10.9. The molecule has 0 fully saturated rings. The highest BCUT2D eigenvalue weighted by molar-refractivity contribution is 5.90. The molecule has 0 aliphatic carbocycles. The number of aryl methyl sites for hydroxylation is 2. The molecule has 0 saturated heterocycles. The van der Waals surface area contributed by atoms with Crippen molar-refractivity contribution in [3.05, 3.63) is 34.9 Å². The van der Waals surface area contributed by atoms with Gasteiger partial charge in [-0.3, -0.25) is 14.4 Å². The fourth-order valence-electron chi connectivity index (χ4n) is 4.28. The smallest absolute Gasteiger partial charge is 0.408 e. The van der Waals surface area contributed by atoms with Gasteiger partial charge in [0.25, 0.3) is 0 Å². The minimum Gasteiger partial charge on any atom is -0.466 e. The molecule has 2 N–H and O–H groups in total. The number of esters is 1. The van der Waals surface area contributed by atoms with Crippen LogP contribution in [0.15, 0.2) is 18.2 Å². The van der Waals surface area contributed by atoms with Crippen LogP contribution in [0.3, 0.4) is 0 Å². The Labute approximate surface area is 234 Å². The Bertz CT molecular complexity index is 921. The number of amides is 3. The quantitative estimate of drug-likeness (QED) is 0.219. The summed E-state index contributed by atoms with van der Waals surface area (Å²) in [5, 5.41) is 5.35. The van der Waals surface area contributed by atoms with Crippen LogP contribution in [0.2, 0.25) is 0 Å². The number of nitrogens with one attached hydrogen (secondary N) is 2. The van der Waals surface area contributed by atoms with Crippen molar-refractivity contribution in [3.63, 3.8) is 0 Å². The Morgan fingerprint density at radius 2 is 1.51 bits per heavy atom. The molecule has 1 rings (SSSR count). The van der Waals surface area contributed by atoms with Crippen molar-refractivity contribution in [2.75, 3.05) is 26.2 Å². The molecular weight excluding hydrogens is 498 g/mol. The van der Waals surface area contributed by atoms with E-state index in [1.807, 2.05) is 32.0 Å². The van der Waals surface area contributed by atoms with E-state index in [4.69, 9.17) is 9.47 Å². The Hall–Kier alpha value is -3.10. The lowest BCUT2D eigenvalue weighted by Gasteiger charge is -2.32. The predicted octanol–water partition coefficient (Wildman–Crippen LogP) is 5.13. The van der Waals surface area contributed by atoms with Crippen LogP contribution in [-0.2, 0) is 23.9 Å². The van der Waals surface area contributed by atoms with E-state index in [1.54, 1.807) is 27.7 Å². The monoisotopic (exact) mass is 547 g/mol. The maximum atomic E-state index is 13.6. The number of unbranched alkanes of at least 4 members (excludes halogenated alkanes) is 5. The highest BCUT2D eigenvalue weighted by Gasteiger charge is 2.32. The van der Waals surface area contributed by atoms with Crippen LogP contribution in [-0.4, -0.2) is 60.6 Å². The summed E-state index contributed by atoms with van der Waals surface area (Å²) in [5.74, 6) is -1.18. The first-order valence-corrected chi connectivity index (χ1v) is 14.2. The van der Waals surface area contributed by atoms with Gasteiger partial charge in [0.05, 0.1) is 13.0 Å². The summed E-state index contributed by atoms with van der Waals surface area (Å²) in [5.41, 5.74) is 1.91. The van der Waals surface area contributed by atoms with Gasteiger partial charge in [0, 0.05) is 13.1 Å². The zero-order valence-electron chi connectivity index (χ0n) is 25.0. The average Bonchev–Trinajstić information content (AvgIpc) is 2.82. The molecule has 220 valence electrons. The second kappa shape index (κ2) is 17.5. The van der Waals surface area contributed by atoms with Gasteiger partial charge >= 0.3 is 12.1 Å². The van der Waals surface area contributed by atoms with Crippen molar-refractivity contribution in [2.45, 2.75) is 105 Å². The van der Waals surface area contributed by atoms with Crippen molar-refractivity contribution < 1.29 is 28.7 Å². The van der Waals surface area contributed by atoms with Gasteiger partial charge in [0.2, 0.25) is 11.8 Å². The van der Waals surface area contributed by atoms with Gasteiger partial charge in [0.15, 0.2) is 0 Å². The largest absolute Gasteiger partial charge is 0.466 e. The molecule has 0 saturated carbocycles. The lowest BCUT2D eigenvalue weighted by atomic mass is 9.98. The van der Waals surface area contributed by atoms with Crippen molar-refractivity contribution >= 4 is 23.9 Å². The summed E-state index contributed by atoms with van der Waals surface area (Å²) in [6, 6.07) is 4.87. The number of hydrogen-bond donors (Lipinski definition) is 2. The third-order valence-electron chi connectivity index (χ3n) is 5.91. The highest BCUT2D eigenvalue weighted by atomic mass is 16.6. The SMILES string of the molecule is CCCCCCCCN(C(=O)CNC(=O)OC(C)(C)C)C(C(=O)NCCC(=O)OCC)c1cc(C)cc(C)c1. The number of carbonyl (C=O) groups excluding carboxylic acids is 4. The van der Waals surface area contributed by atoms with Crippen molar-refractivity contribution in [1.82, 2.24) is 15.5 Å². The van der Waals surface area contributed by atoms with Gasteiger partial charge in [0.1, 0.15) is 18.2 Å². The number of rotatable bonds is 16. The molecule has 0 bridgehead atoms. The van der Waals surface area contributed by atoms with Gasteiger partial charge < -0.3 is 25.0 Å². The molecule has 0 spiro atoms. The zero-order chi connectivity index (χ0) is 29.4. The fraction of sp³-hybridized carbons (Fsp3) is 0.667. The average molecular weight is 548 g/mol. The van der Waals surface area contributed by atoms with Crippen LogP contribution >= 0.6 is 0 Å². The van der Waals surface area contributed by atoms with Gasteiger partial charge in [-0.05, 0) is 53.5 Å². The predicted molar refractivity (Wildman–Crippen MR) is 152 cm³/mol. The van der Waals surface area contributed by atoms with E-state index in [0.29, 0.717) is 12.1 Å². The number of carbonyl (C=O) groups is 4. The molecule has 0 aliphatic rings. The molecule has 3 amide bonds. The van der Waals surface area contributed by atoms with Gasteiger partial charge in [-0.2, -0.15) is 0 Å². The lowest BCUT2D eigenvalue weighted by Crippen LogP contribution is -2.48. The van der Waals surface area contributed by atoms with E-state index in [-0.39, 0.29) is 37.9 Å². The first-order valence-electron chi connectivity index (χ1n) is 14.2. The first-order chi connectivity index (χ1) is 18.4. The first kappa shape index (κ1) is 33.9. The summed E-state index contributed by atoms with van der Waals surface area (Å²) in [6.07, 6.45) is 5.46. The van der Waals surface area contributed by atoms with Crippen LogP contribution in [0.25, 0.3) is 0 Å². The number of nitrogens with zero attached hydrogens (tertiary/aromatic N) is 1. The molecule has 0 radical (unpaired) electrons. The van der Waals surface area contributed by atoms with Crippen LogP contribution in [0, 0.1) is 13.8 Å². The summed E-state index contributed by atoms with van der Waals surface area (Å²) in [4.78, 5) is 52.7. The fourth-order valence-corrected chi connectivity index (χ4v) is 4.28. The van der Waals surface area contributed by atoms with Crippen molar-refractivity contribution in [1.29, 1.82) is 0 Å². The third-order valence-corrected chi connectivity index (χ3v) is 5.91. The molecule has 0 aliphatic heterocycles. The van der Waals surface area contributed by atoms with E-state index >= 15 is 0 Å². The van der Waals surface area contributed by atoms with E-state index in [1.165, 1.54) is 4.90 Å². The minimum atomic E-state index is -0.922. The van der Waals surface area contributed by atoms with Crippen LogP contribution in [0.5, 0.6) is 0 Å². The number of benzene rings is 1. The Balaban J connectivity index is 3.21. The number of hydrogen-bond acceptors (Lipinski definition) is 6. The molecule has 1 atom stereocenters. The molecule has 9 nitrogen and oxygen atoms in total. The molecule has 0 heterocycles. The summed E-state index contributed by atoms with van der Waals surface area (Å²) in [6.45, 7) is 13.4. The van der Waals surface area contributed by atoms with E-state index in [9.17, 15) is 19.2 Å². The van der Waals surface area contributed by atoms with Crippen LogP contribution in [0.4, 0.5) is 4.79 Å². The van der Waals surface area contributed by atoms with E-state index in [2.05, 4.69) is 17.6 Å². The third kappa shape index (κ3) is 14.0. The van der Waals surface area contributed by atoms with Crippen molar-refractivity contribution in [2.24, 2.45) is 0 Å². The Morgan fingerprint density at radius 1 is 0.897 bits per heavy atom. The summed E-state index contributed by atoms with van der Waals surface area (Å²) >= 11 is 0. The van der Waals surface area contributed by atoms with Crippen LogP contribution in [0.1, 0.15) is 102 Å². The molecule has 1 unspecified atom stereocenters. The zero-order valence-corrected chi connectivity index (χ0v) is 25.0. The van der Waals surface area contributed by atoms with Gasteiger partial charge in [-0.25, -0.2) is 4.79 Å². The molecule has 9 heteroatoms. The van der Waals surface area contributed by atoms with Crippen LogP contribution < -0.4 is 10.6 Å². The maximum Gasteiger partial charge on any atom is 0.408 e. The molecule has 1 aromatic carbocycles.